The first kappa shape index (κ1) is 23.5. The first-order valence-corrected chi connectivity index (χ1v) is 10.4. The summed E-state index contributed by atoms with van der Waals surface area (Å²) in [5.74, 6) is 0.363. The van der Waals surface area contributed by atoms with Crippen LogP contribution in [0.15, 0.2) is 54.9 Å². The second kappa shape index (κ2) is 10.9. The van der Waals surface area contributed by atoms with Gasteiger partial charge in [0, 0.05) is 5.69 Å². The third-order valence-electron chi connectivity index (χ3n) is 4.38. The van der Waals surface area contributed by atoms with E-state index < -0.39 is 10.9 Å². The predicted octanol–water partition coefficient (Wildman–Crippen LogP) is 5.08. The summed E-state index contributed by atoms with van der Waals surface area (Å²) < 4.78 is 10.8. The van der Waals surface area contributed by atoms with E-state index in [1.54, 1.807) is 48.5 Å². The smallest absolute Gasteiger partial charge is 0.353 e. The SMILES string of the molecule is CCOc1ccccc1Nc1ncnc(Nc2ccc(C(=O)OCC(C)C)cc2)c1[N+](=O)[O-]. The van der Waals surface area contributed by atoms with Crippen LogP contribution in [-0.4, -0.2) is 34.1 Å². The van der Waals surface area contributed by atoms with Crippen LogP contribution in [0.1, 0.15) is 31.1 Å². The third kappa shape index (κ3) is 6.16. The number of aromatic nitrogens is 2. The summed E-state index contributed by atoms with van der Waals surface area (Å²) in [6.07, 6.45) is 1.22. The molecule has 172 valence electrons. The monoisotopic (exact) mass is 451 g/mol. The number of nitrogens with one attached hydrogen (secondary N) is 2. The van der Waals surface area contributed by atoms with Gasteiger partial charge in [0.05, 0.1) is 29.4 Å². The lowest BCUT2D eigenvalue weighted by atomic mass is 10.2. The van der Waals surface area contributed by atoms with Crippen molar-refractivity contribution < 1.29 is 19.2 Å². The van der Waals surface area contributed by atoms with Crippen molar-refractivity contribution in [2.75, 3.05) is 23.8 Å². The molecule has 0 fully saturated rings. The van der Waals surface area contributed by atoms with Crippen LogP contribution < -0.4 is 15.4 Å². The maximum Gasteiger partial charge on any atom is 0.353 e. The highest BCUT2D eigenvalue weighted by Crippen LogP contribution is 2.35. The number of nitro groups is 1. The van der Waals surface area contributed by atoms with E-state index in [1.807, 2.05) is 20.8 Å². The Kier molecular flexibility index (Phi) is 7.74. The van der Waals surface area contributed by atoms with E-state index >= 15 is 0 Å². The Morgan fingerprint density at radius 2 is 1.73 bits per heavy atom. The van der Waals surface area contributed by atoms with E-state index in [0.717, 1.165) is 0 Å². The molecule has 10 heteroatoms. The maximum atomic E-state index is 12.1. The fraction of sp³-hybridized carbons (Fsp3) is 0.261. The van der Waals surface area contributed by atoms with Gasteiger partial charge in [-0.2, -0.15) is 0 Å². The maximum absolute atomic E-state index is 12.1. The predicted molar refractivity (Wildman–Crippen MR) is 124 cm³/mol. The first-order valence-electron chi connectivity index (χ1n) is 10.4. The number of hydrogen-bond donors (Lipinski definition) is 2. The molecule has 0 aliphatic carbocycles. The summed E-state index contributed by atoms with van der Waals surface area (Å²) in [6, 6.07) is 13.5. The fourth-order valence-corrected chi connectivity index (χ4v) is 2.87. The molecule has 1 heterocycles. The minimum absolute atomic E-state index is 0.00141. The van der Waals surface area contributed by atoms with Crippen molar-refractivity contribution in [3.63, 3.8) is 0 Å². The molecule has 2 aromatic carbocycles. The molecule has 0 radical (unpaired) electrons. The van der Waals surface area contributed by atoms with E-state index in [2.05, 4.69) is 20.6 Å². The summed E-state index contributed by atoms with van der Waals surface area (Å²) in [6.45, 7) is 6.52. The number of nitrogens with zero attached hydrogens (tertiary/aromatic N) is 3. The Bertz CT molecular complexity index is 1120. The summed E-state index contributed by atoms with van der Waals surface area (Å²) >= 11 is 0. The van der Waals surface area contributed by atoms with Crippen LogP contribution in [0.2, 0.25) is 0 Å². The van der Waals surface area contributed by atoms with Gasteiger partial charge in [-0.1, -0.05) is 26.0 Å². The fourth-order valence-electron chi connectivity index (χ4n) is 2.87. The Labute approximate surface area is 191 Å². The molecule has 0 saturated heterocycles. The number of carbonyl (C=O) groups excluding carboxylic acids is 1. The number of benzene rings is 2. The lowest BCUT2D eigenvalue weighted by Crippen LogP contribution is -2.10. The Hall–Kier alpha value is -4.21. The van der Waals surface area contributed by atoms with Crippen LogP contribution in [0, 0.1) is 16.0 Å². The van der Waals surface area contributed by atoms with Crippen LogP contribution in [-0.2, 0) is 4.74 Å². The van der Waals surface area contributed by atoms with E-state index in [9.17, 15) is 14.9 Å². The molecule has 0 aliphatic rings. The van der Waals surface area contributed by atoms with Gasteiger partial charge in [0.1, 0.15) is 12.1 Å². The summed E-state index contributed by atoms with van der Waals surface area (Å²) in [5.41, 5.74) is 1.10. The van der Waals surface area contributed by atoms with Crippen LogP contribution in [0.25, 0.3) is 0 Å². The summed E-state index contributed by atoms with van der Waals surface area (Å²) in [4.78, 5) is 31.5. The van der Waals surface area contributed by atoms with E-state index in [1.165, 1.54) is 6.33 Å². The number of rotatable bonds is 10. The molecule has 0 unspecified atom stereocenters. The van der Waals surface area contributed by atoms with Gasteiger partial charge in [0.15, 0.2) is 0 Å². The average molecular weight is 451 g/mol. The van der Waals surface area contributed by atoms with Gasteiger partial charge in [-0.15, -0.1) is 0 Å². The van der Waals surface area contributed by atoms with Gasteiger partial charge < -0.3 is 20.1 Å². The molecular formula is C23H25N5O5. The van der Waals surface area contributed by atoms with Gasteiger partial charge >= 0.3 is 11.7 Å². The Balaban J connectivity index is 1.83. The molecule has 0 atom stereocenters. The minimum Gasteiger partial charge on any atom is -0.492 e. The van der Waals surface area contributed by atoms with Gasteiger partial charge in [-0.05, 0) is 49.2 Å². The van der Waals surface area contributed by atoms with Crippen LogP contribution in [0.3, 0.4) is 0 Å². The second-order valence-corrected chi connectivity index (χ2v) is 7.43. The molecule has 3 rings (SSSR count). The number of ether oxygens (including phenoxy) is 2. The number of carbonyl (C=O) groups is 1. The highest BCUT2D eigenvalue weighted by Gasteiger charge is 2.24. The molecule has 0 bridgehead atoms. The zero-order chi connectivity index (χ0) is 23.8. The molecule has 0 amide bonds. The number of anilines is 4. The summed E-state index contributed by atoms with van der Waals surface area (Å²) in [7, 11) is 0. The standard InChI is InChI=1S/C23H25N5O5/c1-4-32-19-8-6-5-7-18(19)27-22-20(28(30)31)21(24-14-25-22)26-17-11-9-16(10-12-17)23(29)33-13-15(2)3/h5-12,14-15H,4,13H2,1-3H3,(H2,24,25,26,27). The van der Waals surface area contributed by atoms with Crippen LogP contribution >= 0.6 is 0 Å². The Morgan fingerprint density at radius 3 is 2.36 bits per heavy atom. The topological polar surface area (TPSA) is 129 Å². The zero-order valence-corrected chi connectivity index (χ0v) is 18.6. The first-order chi connectivity index (χ1) is 15.9. The lowest BCUT2D eigenvalue weighted by molar-refractivity contribution is -0.383. The molecule has 2 N–H and O–H groups in total. The average Bonchev–Trinajstić information content (AvgIpc) is 2.79. The Morgan fingerprint density at radius 1 is 1.06 bits per heavy atom. The minimum atomic E-state index is -0.564. The van der Waals surface area contributed by atoms with E-state index in [-0.39, 0.29) is 23.2 Å². The number of hydrogen-bond acceptors (Lipinski definition) is 9. The molecule has 0 aliphatic heterocycles. The number of para-hydroxylation sites is 2. The zero-order valence-electron chi connectivity index (χ0n) is 18.6. The van der Waals surface area contributed by atoms with Crippen molar-refractivity contribution in [1.82, 2.24) is 9.97 Å². The van der Waals surface area contributed by atoms with Gasteiger partial charge in [0.2, 0.25) is 11.6 Å². The molecule has 0 saturated carbocycles. The quantitative estimate of drug-likeness (QED) is 0.246. The van der Waals surface area contributed by atoms with Crippen LogP contribution in [0.5, 0.6) is 5.75 Å². The second-order valence-electron chi connectivity index (χ2n) is 7.43. The highest BCUT2D eigenvalue weighted by molar-refractivity contribution is 5.90. The normalized spacial score (nSPS) is 10.5. The van der Waals surface area contributed by atoms with Crippen molar-refractivity contribution >= 4 is 34.7 Å². The largest absolute Gasteiger partial charge is 0.492 e. The van der Waals surface area contributed by atoms with Crippen molar-refractivity contribution in [3.05, 3.63) is 70.5 Å². The van der Waals surface area contributed by atoms with Gasteiger partial charge in [-0.3, -0.25) is 10.1 Å². The number of esters is 1. The third-order valence-corrected chi connectivity index (χ3v) is 4.38. The summed E-state index contributed by atoms with van der Waals surface area (Å²) in [5, 5.41) is 17.7. The molecular weight excluding hydrogens is 426 g/mol. The molecule has 1 aromatic heterocycles. The van der Waals surface area contributed by atoms with E-state index in [0.29, 0.717) is 35.9 Å². The van der Waals surface area contributed by atoms with Gasteiger partial charge in [-0.25, -0.2) is 14.8 Å². The molecule has 33 heavy (non-hydrogen) atoms. The van der Waals surface area contributed by atoms with Crippen molar-refractivity contribution in [2.45, 2.75) is 20.8 Å². The van der Waals surface area contributed by atoms with Crippen molar-refractivity contribution in [2.24, 2.45) is 5.92 Å². The lowest BCUT2D eigenvalue weighted by Gasteiger charge is -2.13. The van der Waals surface area contributed by atoms with Crippen molar-refractivity contribution in [1.29, 1.82) is 0 Å². The molecule has 10 nitrogen and oxygen atoms in total. The molecule has 3 aromatic rings. The van der Waals surface area contributed by atoms with Crippen LogP contribution in [0.4, 0.5) is 28.7 Å². The highest BCUT2D eigenvalue weighted by atomic mass is 16.6. The van der Waals surface area contributed by atoms with E-state index in [4.69, 9.17) is 9.47 Å². The van der Waals surface area contributed by atoms with Gasteiger partial charge in [0.25, 0.3) is 0 Å². The van der Waals surface area contributed by atoms with Crippen molar-refractivity contribution in [3.8, 4) is 5.75 Å². The molecule has 0 spiro atoms.